The van der Waals surface area contributed by atoms with Crippen molar-refractivity contribution in [2.24, 2.45) is 0 Å². The Kier molecular flexibility index (Phi) is 5.56. The molecule has 2 N–H and O–H groups in total. The summed E-state index contributed by atoms with van der Waals surface area (Å²) in [5.41, 5.74) is 2.69. The first-order chi connectivity index (χ1) is 17.1. The van der Waals surface area contributed by atoms with E-state index < -0.39 is 0 Å². The van der Waals surface area contributed by atoms with Gasteiger partial charge >= 0.3 is 0 Å². The molecule has 3 heterocycles. The van der Waals surface area contributed by atoms with E-state index in [1.165, 1.54) is 22.1 Å². The van der Waals surface area contributed by atoms with E-state index in [2.05, 4.69) is 15.1 Å². The first-order valence-electron chi connectivity index (χ1n) is 10.8. The van der Waals surface area contributed by atoms with Crippen LogP contribution in [0.1, 0.15) is 5.69 Å². The molecule has 0 atom stereocenters. The minimum absolute atomic E-state index is 0.141. The summed E-state index contributed by atoms with van der Waals surface area (Å²) in [4.78, 5) is 35.5. The third kappa shape index (κ3) is 4.10. The number of aromatic amines is 2. The molecule has 3 aromatic carbocycles. The lowest BCUT2D eigenvalue weighted by molar-refractivity contribution is 0.827. The second-order valence-electron chi connectivity index (χ2n) is 7.91. The standard InChI is InChI=1S/C26H17ClN4O2S2/c27-15-9-11-16(12-10-15)34-14-21-24(20-13-22(32)17-5-1-2-6-18(17)28-20)25(33)31(30-21)26-29-19-7-3-4-8-23(19)35-26/h1-13,30H,14H2,(H,28,32). The molecule has 6 aromatic rings. The number of fused-ring (bicyclic) bond motifs is 2. The van der Waals surface area contributed by atoms with Crippen molar-refractivity contribution in [3.63, 3.8) is 0 Å². The van der Waals surface area contributed by atoms with Crippen LogP contribution < -0.4 is 11.0 Å². The minimum Gasteiger partial charge on any atom is -0.354 e. The van der Waals surface area contributed by atoms with Crippen LogP contribution in [-0.4, -0.2) is 19.7 Å². The number of thiazole rings is 1. The van der Waals surface area contributed by atoms with Crippen LogP contribution >= 0.6 is 34.7 Å². The summed E-state index contributed by atoms with van der Waals surface area (Å²) >= 11 is 9.02. The number of aromatic nitrogens is 4. The molecule has 0 aliphatic rings. The smallest absolute Gasteiger partial charge is 0.283 e. The number of benzene rings is 3. The zero-order chi connectivity index (χ0) is 23.9. The maximum atomic E-state index is 13.7. The molecule has 3 aromatic heterocycles. The van der Waals surface area contributed by atoms with Crippen molar-refractivity contribution in [2.75, 3.05) is 0 Å². The van der Waals surface area contributed by atoms with Crippen LogP contribution in [0.15, 0.2) is 93.3 Å². The normalized spacial score (nSPS) is 11.5. The van der Waals surface area contributed by atoms with Gasteiger partial charge in [-0.15, -0.1) is 11.8 Å². The molecule has 6 nitrogen and oxygen atoms in total. The Morgan fingerprint density at radius 2 is 1.74 bits per heavy atom. The number of thioether (sulfide) groups is 1. The van der Waals surface area contributed by atoms with Crippen LogP contribution in [0, 0.1) is 0 Å². The summed E-state index contributed by atoms with van der Waals surface area (Å²) in [6, 6.07) is 24.1. The van der Waals surface area contributed by atoms with Gasteiger partial charge in [-0.2, -0.15) is 4.68 Å². The molecule has 0 amide bonds. The van der Waals surface area contributed by atoms with Crippen LogP contribution in [0.2, 0.25) is 5.02 Å². The molecule has 35 heavy (non-hydrogen) atoms. The monoisotopic (exact) mass is 516 g/mol. The Bertz CT molecular complexity index is 1780. The van der Waals surface area contributed by atoms with Gasteiger partial charge in [0.05, 0.1) is 27.2 Å². The molecule has 6 rings (SSSR count). The molecule has 0 aliphatic heterocycles. The van der Waals surface area contributed by atoms with E-state index in [1.807, 2.05) is 66.7 Å². The van der Waals surface area contributed by atoms with Crippen LogP contribution in [0.3, 0.4) is 0 Å². The van der Waals surface area contributed by atoms with Gasteiger partial charge in [-0.25, -0.2) is 4.98 Å². The number of halogens is 1. The number of rotatable bonds is 5. The number of hydrogen-bond acceptors (Lipinski definition) is 5. The highest BCUT2D eigenvalue weighted by Gasteiger charge is 2.21. The summed E-state index contributed by atoms with van der Waals surface area (Å²) in [5.74, 6) is 0.485. The molecule has 0 aliphatic carbocycles. The van der Waals surface area contributed by atoms with Gasteiger partial charge in [0.2, 0.25) is 5.13 Å². The van der Waals surface area contributed by atoms with E-state index in [0.717, 1.165) is 15.1 Å². The molecule has 0 radical (unpaired) electrons. The van der Waals surface area contributed by atoms with Crippen LogP contribution in [0.4, 0.5) is 0 Å². The molecule has 0 saturated carbocycles. The zero-order valence-electron chi connectivity index (χ0n) is 18.1. The van der Waals surface area contributed by atoms with Gasteiger partial charge in [-0.3, -0.25) is 14.7 Å². The summed E-state index contributed by atoms with van der Waals surface area (Å²) < 4.78 is 2.45. The number of para-hydroxylation sites is 2. The summed E-state index contributed by atoms with van der Waals surface area (Å²) in [7, 11) is 0. The molecule has 0 fully saturated rings. The van der Waals surface area contributed by atoms with Crippen molar-refractivity contribution in [1.29, 1.82) is 0 Å². The molecule has 0 spiro atoms. The third-order valence-corrected chi connectivity index (χ3v) is 7.95. The van der Waals surface area contributed by atoms with Gasteiger partial charge in [0.25, 0.3) is 5.56 Å². The fourth-order valence-corrected chi connectivity index (χ4v) is 5.87. The van der Waals surface area contributed by atoms with E-state index in [-0.39, 0.29) is 11.0 Å². The second-order valence-corrected chi connectivity index (χ2v) is 10.4. The van der Waals surface area contributed by atoms with Crippen molar-refractivity contribution in [1.82, 2.24) is 19.7 Å². The third-order valence-electron chi connectivity index (χ3n) is 5.64. The molecule has 9 heteroatoms. The Morgan fingerprint density at radius 1 is 0.971 bits per heavy atom. The molecular weight excluding hydrogens is 500 g/mol. The number of nitrogens with one attached hydrogen (secondary N) is 2. The Labute approximate surface area is 212 Å². The highest BCUT2D eigenvalue weighted by molar-refractivity contribution is 7.98. The fraction of sp³-hybridized carbons (Fsp3) is 0.0385. The predicted octanol–water partition coefficient (Wildman–Crippen LogP) is 6.23. The lowest BCUT2D eigenvalue weighted by Crippen LogP contribution is -2.16. The van der Waals surface area contributed by atoms with Crippen molar-refractivity contribution < 1.29 is 0 Å². The van der Waals surface area contributed by atoms with E-state index in [0.29, 0.717) is 43.8 Å². The van der Waals surface area contributed by atoms with Crippen molar-refractivity contribution in [3.05, 3.63) is 110 Å². The minimum atomic E-state index is -0.262. The first kappa shape index (κ1) is 21.9. The van der Waals surface area contributed by atoms with E-state index in [9.17, 15) is 9.59 Å². The molecular formula is C26H17ClN4O2S2. The van der Waals surface area contributed by atoms with Crippen molar-refractivity contribution in [3.8, 4) is 16.4 Å². The average Bonchev–Trinajstić information content (AvgIpc) is 3.44. The number of hydrogen-bond donors (Lipinski definition) is 2. The van der Waals surface area contributed by atoms with Crippen molar-refractivity contribution >= 4 is 55.8 Å². The average molecular weight is 517 g/mol. The maximum Gasteiger partial charge on any atom is 0.283 e. The number of pyridine rings is 1. The fourth-order valence-electron chi connectivity index (χ4n) is 3.97. The zero-order valence-corrected chi connectivity index (χ0v) is 20.5. The van der Waals surface area contributed by atoms with E-state index in [1.54, 1.807) is 17.8 Å². The summed E-state index contributed by atoms with van der Waals surface area (Å²) in [5, 5.41) is 5.05. The van der Waals surface area contributed by atoms with Gasteiger partial charge in [-0.05, 0) is 48.5 Å². The van der Waals surface area contributed by atoms with Gasteiger partial charge in [0.15, 0.2) is 5.43 Å². The van der Waals surface area contributed by atoms with Crippen LogP contribution in [-0.2, 0) is 5.75 Å². The van der Waals surface area contributed by atoms with Gasteiger partial charge in [-0.1, -0.05) is 47.2 Å². The Balaban J connectivity index is 1.51. The topological polar surface area (TPSA) is 83.5 Å². The second kappa shape index (κ2) is 8.88. The predicted molar refractivity (Wildman–Crippen MR) is 144 cm³/mol. The lowest BCUT2D eigenvalue weighted by atomic mass is 10.1. The first-order valence-corrected chi connectivity index (χ1v) is 13.0. The van der Waals surface area contributed by atoms with E-state index in [4.69, 9.17) is 11.6 Å². The lowest BCUT2D eigenvalue weighted by Gasteiger charge is -2.05. The molecule has 0 unspecified atom stereocenters. The quantitative estimate of drug-likeness (QED) is 0.266. The van der Waals surface area contributed by atoms with E-state index >= 15 is 0 Å². The molecule has 0 bridgehead atoms. The largest absolute Gasteiger partial charge is 0.354 e. The van der Waals surface area contributed by atoms with Gasteiger partial charge in [0, 0.05) is 32.6 Å². The van der Waals surface area contributed by atoms with Crippen LogP contribution in [0.5, 0.6) is 0 Å². The summed E-state index contributed by atoms with van der Waals surface area (Å²) in [6.07, 6.45) is 0. The number of H-pyrrole nitrogens is 2. The highest BCUT2D eigenvalue weighted by atomic mass is 35.5. The summed E-state index contributed by atoms with van der Waals surface area (Å²) in [6.45, 7) is 0. The maximum absolute atomic E-state index is 13.7. The molecule has 0 saturated heterocycles. The molecule has 172 valence electrons. The van der Waals surface area contributed by atoms with Crippen molar-refractivity contribution in [2.45, 2.75) is 10.6 Å². The SMILES string of the molecule is O=c1cc(-c2c(CSc3ccc(Cl)cc3)[nH]n(-c3nc4ccccc4s3)c2=O)[nH]c2ccccc12. The van der Waals surface area contributed by atoms with Gasteiger partial charge < -0.3 is 4.98 Å². The van der Waals surface area contributed by atoms with Crippen LogP contribution in [0.25, 0.3) is 37.5 Å². The Morgan fingerprint density at radius 3 is 2.57 bits per heavy atom. The van der Waals surface area contributed by atoms with Gasteiger partial charge in [0.1, 0.15) is 0 Å². The highest BCUT2D eigenvalue weighted by Crippen LogP contribution is 2.29. The number of nitrogens with zero attached hydrogens (tertiary/aromatic N) is 2. The Hall–Kier alpha value is -3.59.